The first-order chi connectivity index (χ1) is 7.93. The lowest BCUT2D eigenvalue weighted by Gasteiger charge is -2.10. The van der Waals surface area contributed by atoms with Crippen LogP contribution in [-0.2, 0) is 14.1 Å². The molecule has 0 amide bonds. The summed E-state index contributed by atoms with van der Waals surface area (Å²) in [6.45, 7) is 1.58. The number of hydrogen-bond donors (Lipinski definition) is 1. The number of nitrogens with zero attached hydrogens (tertiary/aromatic N) is 4. The van der Waals surface area contributed by atoms with Gasteiger partial charge in [0.25, 0.3) is 5.56 Å². The number of rotatable bonds is 5. The summed E-state index contributed by atoms with van der Waals surface area (Å²) >= 11 is 0. The molecule has 1 aromatic rings. The maximum absolute atomic E-state index is 11.7. The van der Waals surface area contributed by atoms with Gasteiger partial charge in [0.15, 0.2) is 0 Å². The van der Waals surface area contributed by atoms with E-state index in [9.17, 15) is 9.59 Å². The number of nitrogens with one attached hydrogen (secondary N) is 1. The summed E-state index contributed by atoms with van der Waals surface area (Å²) in [6, 6.07) is 0. The molecule has 0 aliphatic rings. The molecule has 1 rings (SSSR count). The second kappa shape index (κ2) is 5.62. The lowest BCUT2D eigenvalue weighted by molar-refractivity contribution is 0.405. The van der Waals surface area contributed by atoms with E-state index in [1.54, 1.807) is 0 Å². The summed E-state index contributed by atoms with van der Waals surface area (Å²) in [5, 5.41) is 6.84. The molecule has 0 fully saturated rings. The molecule has 96 valence electrons. The minimum Gasteiger partial charge on any atom is -0.364 e. The van der Waals surface area contributed by atoms with Crippen LogP contribution in [0.15, 0.2) is 9.59 Å². The predicted molar refractivity (Wildman–Crippen MR) is 66.4 cm³/mol. The van der Waals surface area contributed by atoms with Crippen molar-refractivity contribution in [3.05, 3.63) is 20.8 Å². The highest BCUT2D eigenvalue weighted by molar-refractivity contribution is 5.29. The Morgan fingerprint density at radius 1 is 1.29 bits per heavy atom. The molecule has 1 heterocycles. The summed E-state index contributed by atoms with van der Waals surface area (Å²) in [5.41, 5.74) is -0.813. The van der Waals surface area contributed by atoms with Crippen molar-refractivity contribution in [1.82, 2.24) is 19.2 Å². The highest BCUT2D eigenvalue weighted by Gasteiger charge is 2.07. The van der Waals surface area contributed by atoms with Gasteiger partial charge in [0.1, 0.15) is 0 Å². The van der Waals surface area contributed by atoms with Crippen LogP contribution in [0.4, 0.5) is 5.82 Å². The minimum atomic E-state index is -0.422. The van der Waals surface area contributed by atoms with Crippen molar-refractivity contribution >= 4 is 5.82 Å². The van der Waals surface area contributed by atoms with Crippen LogP contribution in [0.5, 0.6) is 0 Å². The van der Waals surface area contributed by atoms with Gasteiger partial charge < -0.3 is 10.2 Å². The van der Waals surface area contributed by atoms with Crippen molar-refractivity contribution in [3.8, 4) is 0 Å². The summed E-state index contributed by atoms with van der Waals surface area (Å²) in [6.07, 6.45) is 0.903. The van der Waals surface area contributed by atoms with E-state index in [1.165, 1.54) is 14.1 Å². The molecule has 7 nitrogen and oxygen atoms in total. The fraction of sp³-hybridized carbons (Fsp3) is 0.700. The van der Waals surface area contributed by atoms with Crippen molar-refractivity contribution < 1.29 is 0 Å². The first-order valence-electron chi connectivity index (χ1n) is 5.46. The Bertz CT molecular complexity index is 488. The monoisotopic (exact) mass is 241 g/mol. The molecule has 17 heavy (non-hydrogen) atoms. The molecule has 0 spiro atoms. The third-order valence-electron chi connectivity index (χ3n) is 2.40. The van der Waals surface area contributed by atoms with Crippen molar-refractivity contribution in [3.63, 3.8) is 0 Å². The van der Waals surface area contributed by atoms with E-state index in [-0.39, 0.29) is 5.82 Å². The lowest BCUT2D eigenvalue weighted by Crippen LogP contribution is -2.40. The van der Waals surface area contributed by atoms with Crippen LogP contribution in [0, 0.1) is 0 Å². The van der Waals surface area contributed by atoms with Crippen LogP contribution in [0.3, 0.4) is 0 Å². The van der Waals surface area contributed by atoms with E-state index in [4.69, 9.17) is 0 Å². The summed E-state index contributed by atoms with van der Waals surface area (Å²) in [5.74, 6) is 0.216. The fourth-order valence-electron chi connectivity index (χ4n) is 1.41. The van der Waals surface area contributed by atoms with Gasteiger partial charge in [0, 0.05) is 20.6 Å². The third-order valence-corrected chi connectivity index (χ3v) is 2.40. The van der Waals surface area contributed by atoms with Gasteiger partial charge in [-0.05, 0) is 27.1 Å². The Morgan fingerprint density at radius 3 is 2.53 bits per heavy atom. The van der Waals surface area contributed by atoms with Crippen molar-refractivity contribution in [1.29, 1.82) is 0 Å². The minimum absolute atomic E-state index is 0.216. The average Bonchev–Trinajstić information content (AvgIpc) is 2.27. The molecule has 0 aromatic carbocycles. The summed E-state index contributed by atoms with van der Waals surface area (Å²) in [7, 11) is 6.94. The van der Waals surface area contributed by atoms with Gasteiger partial charge in [0.2, 0.25) is 5.82 Å². The second-order valence-electron chi connectivity index (χ2n) is 4.20. The zero-order valence-electron chi connectivity index (χ0n) is 10.7. The molecule has 0 saturated heterocycles. The zero-order chi connectivity index (χ0) is 13.0. The Labute approximate surface area is 99.7 Å². The number of hydrogen-bond acceptors (Lipinski definition) is 5. The topological polar surface area (TPSA) is 72.2 Å². The molecular weight excluding hydrogens is 222 g/mol. The van der Waals surface area contributed by atoms with Crippen molar-refractivity contribution in [2.75, 3.05) is 32.5 Å². The van der Waals surface area contributed by atoms with Crippen LogP contribution in [0.25, 0.3) is 0 Å². The van der Waals surface area contributed by atoms with Gasteiger partial charge >= 0.3 is 5.69 Å². The number of aromatic nitrogens is 3. The molecule has 7 heteroatoms. The highest BCUT2D eigenvalue weighted by Crippen LogP contribution is 1.90. The second-order valence-corrected chi connectivity index (χ2v) is 4.20. The molecule has 0 radical (unpaired) electrons. The van der Waals surface area contributed by atoms with E-state index in [0.717, 1.165) is 22.2 Å². The Morgan fingerprint density at radius 2 is 1.94 bits per heavy atom. The van der Waals surface area contributed by atoms with Crippen LogP contribution in [-0.4, -0.2) is 46.4 Å². The van der Waals surface area contributed by atoms with Crippen LogP contribution >= 0.6 is 0 Å². The SMILES string of the molecule is CN(C)CCCNc1nn(C)c(=O)n(C)c1=O. The Kier molecular flexibility index (Phi) is 4.45. The van der Waals surface area contributed by atoms with E-state index in [2.05, 4.69) is 15.3 Å². The molecule has 0 atom stereocenters. The van der Waals surface area contributed by atoms with Gasteiger partial charge in [-0.3, -0.25) is 9.36 Å². The number of anilines is 1. The van der Waals surface area contributed by atoms with Gasteiger partial charge in [0.05, 0.1) is 0 Å². The molecule has 0 bridgehead atoms. The van der Waals surface area contributed by atoms with E-state index >= 15 is 0 Å². The van der Waals surface area contributed by atoms with Crippen LogP contribution < -0.4 is 16.6 Å². The maximum atomic E-state index is 11.7. The first kappa shape index (κ1) is 13.4. The quantitative estimate of drug-likeness (QED) is 0.659. The lowest BCUT2D eigenvalue weighted by atomic mass is 10.4. The molecule has 0 aliphatic carbocycles. The molecule has 0 saturated carbocycles. The molecule has 0 aliphatic heterocycles. The number of aryl methyl sites for hydroxylation is 1. The van der Waals surface area contributed by atoms with Crippen molar-refractivity contribution in [2.24, 2.45) is 14.1 Å². The van der Waals surface area contributed by atoms with Gasteiger partial charge in [-0.15, -0.1) is 5.10 Å². The van der Waals surface area contributed by atoms with E-state index in [1.807, 2.05) is 14.1 Å². The third kappa shape index (κ3) is 3.42. The molecule has 1 N–H and O–H groups in total. The van der Waals surface area contributed by atoms with Gasteiger partial charge in [-0.1, -0.05) is 0 Å². The normalized spacial score (nSPS) is 10.9. The van der Waals surface area contributed by atoms with Crippen LogP contribution in [0.1, 0.15) is 6.42 Å². The molecule has 1 aromatic heterocycles. The van der Waals surface area contributed by atoms with Gasteiger partial charge in [-0.25, -0.2) is 9.48 Å². The first-order valence-corrected chi connectivity index (χ1v) is 5.46. The Balaban J connectivity index is 2.73. The zero-order valence-corrected chi connectivity index (χ0v) is 10.7. The van der Waals surface area contributed by atoms with Crippen molar-refractivity contribution in [2.45, 2.75) is 6.42 Å². The highest BCUT2D eigenvalue weighted by atomic mass is 16.2. The van der Waals surface area contributed by atoms with Gasteiger partial charge in [-0.2, -0.15) is 0 Å². The molecular formula is C10H19N5O2. The van der Waals surface area contributed by atoms with Crippen LogP contribution in [0.2, 0.25) is 0 Å². The van der Waals surface area contributed by atoms with E-state index in [0.29, 0.717) is 6.54 Å². The smallest absolute Gasteiger partial charge is 0.346 e. The van der Waals surface area contributed by atoms with E-state index < -0.39 is 11.2 Å². The largest absolute Gasteiger partial charge is 0.364 e. The Hall–Kier alpha value is -1.63. The fourth-order valence-corrected chi connectivity index (χ4v) is 1.41. The average molecular weight is 241 g/mol. The predicted octanol–water partition coefficient (Wildman–Crippen LogP) is -1.16. The summed E-state index contributed by atoms with van der Waals surface area (Å²) < 4.78 is 2.19. The maximum Gasteiger partial charge on any atom is 0.346 e. The molecule has 0 unspecified atom stereocenters. The standard InChI is InChI=1S/C10H19N5O2/c1-13(2)7-5-6-11-8-9(16)14(3)10(17)15(4)12-8/h5-7H2,1-4H3,(H,11,12). The summed E-state index contributed by atoms with van der Waals surface area (Å²) in [4.78, 5) is 25.1.